The van der Waals surface area contributed by atoms with Gasteiger partial charge in [-0.2, -0.15) is 0 Å². The van der Waals surface area contributed by atoms with Crippen molar-refractivity contribution in [2.75, 3.05) is 32.1 Å². The van der Waals surface area contributed by atoms with Crippen LogP contribution < -0.4 is 0 Å². The fourth-order valence-electron chi connectivity index (χ4n) is 2.37. The van der Waals surface area contributed by atoms with E-state index >= 15 is 0 Å². The molecule has 1 aliphatic rings. The van der Waals surface area contributed by atoms with Crippen molar-refractivity contribution in [1.29, 1.82) is 0 Å². The molecule has 1 fully saturated rings. The number of benzene rings is 1. The largest absolute Gasteiger partial charge is 0.339 e. The van der Waals surface area contributed by atoms with Gasteiger partial charge in [0.05, 0.1) is 5.41 Å². The quantitative estimate of drug-likeness (QED) is 0.748. The summed E-state index contributed by atoms with van der Waals surface area (Å²) in [6, 6.07) is 7.33. The van der Waals surface area contributed by atoms with Gasteiger partial charge < -0.3 is 9.80 Å². The van der Waals surface area contributed by atoms with E-state index in [4.69, 9.17) is 11.6 Å². The second-order valence-electron chi connectivity index (χ2n) is 6.11. The number of rotatable bonds is 3. The Balaban J connectivity index is 1.96. The number of hydrogen-bond acceptors (Lipinski definition) is 2. The number of nitrogens with zero attached hydrogens (tertiary/aromatic N) is 2. The highest BCUT2D eigenvalue weighted by molar-refractivity contribution is 9.10. The maximum Gasteiger partial charge on any atom is 0.253 e. The summed E-state index contributed by atoms with van der Waals surface area (Å²) in [7, 11) is 0. The van der Waals surface area contributed by atoms with Gasteiger partial charge in [0.1, 0.15) is 0 Å². The first-order valence-electron chi connectivity index (χ1n) is 7.25. The van der Waals surface area contributed by atoms with Crippen LogP contribution in [-0.2, 0) is 4.79 Å². The van der Waals surface area contributed by atoms with E-state index in [0.29, 0.717) is 37.6 Å². The molecule has 1 aromatic carbocycles. The van der Waals surface area contributed by atoms with Gasteiger partial charge in [0.15, 0.2) is 0 Å². The first-order valence-corrected chi connectivity index (χ1v) is 8.58. The van der Waals surface area contributed by atoms with Crippen molar-refractivity contribution < 1.29 is 9.59 Å². The third kappa shape index (κ3) is 3.82. The third-order valence-electron chi connectivity index (χ3n) is 3.86. The summed E-state index contributed by atoms with van der Waals surface area (Å²) in [5, 5.41) is 0. The first kappa shape index (κ1) is 17.3. The van der Waals surface area contributed by atoms with Gasteiger partial charge in [-0.25, -0.2) is 0 Å². The Morgan fingerprint density at radius 1 is 1.09 bits per heavy atom. The Morgan fingerprint density at radius 2 is 1.59 bits per heavy atom. The number of alkyl halides is 1. The van der Waals surface area contributed by atoms with Crippen molar-refractivity contribution in [2.24, 2.45) is 5.41 Å². The molecule has 2 rings (SSSR count). The minimum absolute atomic E-state index is 0.0104. The predicted octanol–water partition coefficient (Wildman–Crippen LogP) is 3.00. The van der Waals surface area contributed by atoms with Crippen LogP contribution in [0.5, 0.6) is 0 Å². The van der Waals surface area contributed by atoms with Crippen LogP contribution in [0.3, 0.4) is 0 Å². The van der Waals surface area contributed by atoms with Crippen LogP contribution in [0.25, 0.3) is 0 Å². The van der Waals surface area contributed by atoms with Crippen molar-refractivity contribution in [3.8, 4) is 0 Å². The summed E-state index contributed by atoms with van der Waals surface area (Å²) in [5.41, 5.74) is 0.114. The minimum atomic E-state index is -0.556. The van der Waals surface area contributed by atoms with E-state index in [0.717, 1.165) is 4.47 Å². The summed E-state index contributed by atoms with van der Waals surface area (Å²) >= 11 is 9.22. The van der Waals surface area contributed by atoms with Gasteiger partial charge in [0.25, 0.3) is 5.91 Å². The molecule has 1 aromatic rings. The van der Waals surface area contributed by atoms with Crippen LogP contribution in [0, 0.1) is 5.41 Å². The van der Waals surface area contributed by atoms with Crippen molar-refractivity contribution in [2.45, 2.75) is 13.8 Å². The highest BCUT2D eigenvalue weighted by Crippen LogP contribution is 2.22. The summed E-state index contributed by atoms with van der Waals surface area (Å²) in [6.45, 7) is 5.92. The second kappa shape index (κ2) is 7.01. The monoisotopic (exact) mass is 386 g/mol. The summed E-state index contributed by atoms with van der Waals surface area (Å²) < 4.78 is 0.947. The summed E-state index contributed by atoms with van der Waals surface area (Å²) in [5.74, 6) is 0.360. The zero-order chi connectivity index (χ0) is 16.3. The predicted molar refractivity (Wildman–Crippen MR) is 91.1 cm³/mol. The third-order valence-corrected chi connectivity index (χ3v) is 5.06. The standard InChI is InChI=1S/C16H20BrClN2O2/c1-16(2,11-18)15(22)20-9-7-19(8-10-20)14(21)12-3-5-13(17)6-4-12/h3-6H,7-11H2,1-2H3. The van der Waals surface area contributed by atoms with Gasteiger partial charge in [-0.1, -0.05) is 15.9 Å². The lowest BCUT2D eigenvalue weighted by atomic mass is 9.94. The molecule has 1 saturated heterocycles. The van der Waals surface area contributed by atoms with E-state index in [1.807, 2.05) is 26.0 Å². The van der Waals surface area contributed by atoms with Gasteiger partial charge in [-0.05, 0) is 38.1 Å². The molecule has 0 atom stereocenters. The molecule has 1 heterocycles. The maximum atomic E-state index is 12.4. The molecule has 0 saturated carbocycles. The Labute approximate surface area is 144 Å². The lowest BCUT2D eigenvalue weighted by Crippen LogP contribution is -2.53. The average molecular weight is 388 g/mol. The van der Waals surface area contributed by atoms with E-state index < -0.39 is 5.41 Å². The van der Waals surface area contributed by atoms with E-state index in [-0.39, 0.29) is 11.8 Å². The lowest BCUT2D eigenvalue weighted by molar-refractivity contribution is -0.140. The van der Waals surface area contributed by atoms with Crippen molar-refractivity contribution in [3.63, 3.8) is 0 Å². The molecule has 0 aliphatic carbocycles. The molecule has 2 amide bonds. The topological polar surface area (TPSA) is 40.6 Å². The van der Waals surface area contributed by atoms with Crippen LogP contribution >= 0.6 is 27.5 Å². The van der Waals surface area contributed by atoms with E-state index in [9.17, 15) is 9.59 Å². The molecule has 0 unspecified atom stereocenters. The SMILES string of the molecule is CC(C)(CCl)C(=O)N1CCN(C(=O)c2ccc(Br)cc2)CC1. The number of carbonyl (C=O) groups is 2. The van der Waals surface area contributed by atoms with Crippen molar-refractivity contribution >= 4 is 39.3 Å². The maximum absolute atomic E-state index is 12.4. The normalized spacial score (nSPS) is 15.8. The average Bonchev–Trinajstić information content (AvgIpc) is 2.54. The molecular weight excluding hydrogens is 368 g/mol. The van der Waals surface area contributed by atoms with Crippen LogP contribution in [-0.4, -0.2) is 53.7 Å². The van der Waals surface area contributed by atoms with Crippen molar-refractivity contribution in [3.05, 3.63) is 34.3 Å². The number of halogens is 2. The van der Waals surface area contributed by atoms with E-state index in [2.05, 4.69) is 15.9 Å². The number of hydrogen-bond donors (Lipinski definition) is 0. The molecule has 0 radical (unpaired) electrons. The Kier molecular flexibility index (Phi) is 5.50. The van der Waals surface area contributed by atoms with Crippen LogP contribution in [0.2, 0.25) is 0 Å². The van der Waals surface area contributed by atoms with Crippen LogP contribution in [0.15, 0.2) is 28.7 Å². The minimum Gasteiger partial charge on any atom is -0.339 e. The zero-order valence-electron chi connectivity index (χ0n) is 12.8. The highest BCUT2D eigenvalue weighted by atomic mass is 79.9. The molecule has 0 N–H and O–H groups in total. The van der Waals surface area contributed by atoms with Gasteiger partial charge in [-0.3, -0.25) is 9.59 Å². The molecule has 0 spiro atoms. The Bertz CT molecular complexity index is 552. The number of piperazine rings is 1. The molecule has 22 heavy (non-hydrogen) atoms. The first-order chi connectivity index (χ1) is 10.3. The number of carbonyl (C=O) groups excluding carboxylic acids is 2. The fourth-order valence-corrected chi connectivity index (χ4v) is 2.75. The molecule has 120 valence electrons. The zero-order valence-corrected chi connectivity index (χ0v) is 15.2. The summed E-state index contributed by atoms with van der Waals surface area (Å²) in [6.07, 6.45) is 0. The van der Waals surface area contributed by atoms with Crippen LogP contribution in [0.1, 0.15) is 24.2 Å². The number of amides is 2. The molecule has 4 nitrogen and oxygen atoms in total. The molecule has 1 aliphatic heterocycles. The smallest absolute Gasteiger partial charge is 0.253 e. The van der Waals surface area contributed by atoms with E-state index in [1.54, 1.807) is 21.9 Å². The van der Waals surface area contributed by atoms with Gasteiger partial charge >= 0.3 is 0 Å². The summed E-state index contributed by atoms with van der Waals surface area (Å²) in [4.78, 5) is 28.4. The highest BCUT2D eigenvalue weighted by Gasteiger charge is 2.33. The molecular formula is C16H20BrClN2O2. The molecule has 6 heteroatoms. The van der Waals surface area contributed by atoms with Gasteiger partial charge in [-0.15, -0.1) is 11.6 Å². The van der Waals surface area contributed by atoms with E-state index in [1.165, 1.54) is 0 Å². The molecule has 0 aromatic heterocycles. The lowest BCUT2D eigenvalue weighted by Gasteiger charge is -2.38. The van der Waals surface area contributed by atoms with Gasteiger partial charge in [0, 0.05) is 42.1 Å². The Morgan fingerprint density at radius 3 is 2.09 bits per heavy atom. The van der Waals surface area contributed by atoms with Gasteiger partial charge in [0.2, 0.25) is 5.91 Å². The Hall–Kier alpha value is -1.07. The fraction of sp³-hybridized carbons (Fsp3) is 0.500. The van der Waals surface area contributed by atoms with Crippen LogP contribution in [0.4, 0.5) is 0 Å². The van der Waals surface area contributed by atoms with Crippen molar-refractivity contribution in [1.82, 2.24) is 9.80 Å². The second-order valence-corrected chi connectivity index (χ2v) is 7.29. The molecule has 0 bridgehead atoms.